The van der Waals surface area contributed by atoms with Gasteiger partial charge in [-0.25, -0.2) is 0 Å². The summed E-state index contributed by atoms with van der Waals surface area (Å²) in [5.74, 6) is 2.09. The molecule has 1 fully saturated rings. The van der Waals surface area contributed by atoms with E-state index in [1.54, 1.807) is 0 Å². The number of anilines is 2. The SMILES string of the molecule is CC(C)CN(c1ccc(N)nn1)C1CC1. The van der Waals surface area contributed by atoms with Crippen molar-refractivity contribution in [3.8, 4) is 0 Å². The maximum atomic E-state index is 5.53. The van der Waals surface area contributed by atoms with E-state index in [1.165, 1.54) is 12.8 Å². The van der Waals surface area contributed by atoms with Crippen molar-refractivity contribution < 1.29 is 0 Å². The Bertz CT molecular complexity index is 316. The Morgan fingerprint density at radius 3 is 2.60 bits per heavy atom. The maximum absolute atomic E-state index is 5.53. The molecule has 0 saturated heterocycles. The fourth-order valence-corrected chi connectivity index (χ4v) is 1.70. The average molecular weight is 206 g/mol. The van der Waals surface area contributed by atoms with Gasteiger partial charge in [0, 0.05) is 12.6 Å². The summed E-state index contributed by atoms with van der Waals surface area (Å²) < 4.78 is 0. The first-order chi connectivity index (χ1) is 7.16. The van der Waals surface area contributed by atoms with E-state index in [0.717, 1.165) is 12.4 Å². The molecule has 15 heavy (non-hydrogen) atoms. The zero-order valence-corrected chi connectivity index (χ0v) is 9.35. The summed E-state index contributed by atoms with van der Waals surface area (Å²) in [5.41, 5.74) is 5.53. The van der Waals surface area contributed by atoms with Crippen LogP contribution in [0, 0.1) is 5.92 Å². The highest BCUT2D eigenvalue weighted by atomic mass is 15.3. The Hall–Kier alpha value is -1.32. The quantitative estimate of drug-likeness (QED) is 0.814. The summed E-state index contributed by atoms with van der Waals surface area (Å²) in [4.78, 5) is 2.34. The van der Waals surface area contributed by atoms with Crippen LogP contribution in [0.1, 0.15) is 26.7 Å². The standard InChI is InChI=1S/C11H18N4/c1-8(2)7-15(9-3-4-9)11-6-5-10(12)13-14-11/h5-6,8-9H,3-4,7H2,1-2H3,(H2,12,13). The second kappa shape index (κ2) is 4.04. The van der Waals surface area contributed by atoms with Gasteiger partial charge in [0.1, 0.15) is 5.82 Å². The lowest BCUT2D eigenvalue weighted by Gasteiger charge is -2.24. The molecular formula is C11H18N4. The third kappa shape index (κ3) is 2.58. The van der Waals surface area contributed by atoms with Gasteiger partial charge in [0.15, 0.2) is 5.82 Å². The predicted octanol–water partition coefficient (Wildman–Crippen LogP) is 1.68. The van der Waals surface area contributed by atoms with Gasteiger partial charge in [-0.05, 0) is 30.9 Å². The van der Waals surface area contributed by atoms with E-state index >= 15 is 0 Å². The molecule has 0 bridgehead atoms. The second-order valence-electron chi connectivity index (χ2n) is 4.59. The molecule has 2 rings (SSSR count). The highest BCUT2D eigenvalue weighted by Gasteiger charge is 2.30. The summed E-state index contributed by atoms with van der Waals surface area (Å²) in [6, 6.07) is 4.45. The van der Waals surface area contributed by atoms with Gasteiger partial charge in [0.25, 0.3) is 0 Å². The normalized spacial score (nSPS) is 15.7. The van der Waals surface area contributed by atoms with Crippen LogP contribution in [-0.2, 0) is 0 Å². The number of aromatic nitrogens is 2. The molecule has 0 unspecified atom stereocenters. The van der Waals surface area contributed by atoms with E-state index in [-0.39, 0.29) is 0 Å². The zero-order chi connectivity index (χ0) is 10.8. The summed E-state index contributed by atoms with van der Waals surface area (Å²) in [7, 11) is 0. The van der Waals surface area contributed by atoms with Gasteiger partial charge in [-0.1, -0.05) is 13.8 Å². The molecule has 2 N–H and O–H groups in total. The van der Waals surface area contributed by atoms with Crippen LogP contribution < -0.4 is 10.6 Å². The molecule has 1 aromatic rings. The molecule has 1 saturated carbocycles. The number of nitrogens with zero attached hydrogens (tertiary/aromatic N) is 3. The molecule has 1 aromatic heterocycles. The smallest absolute Gasteiger partial charge is 0.151 e. The molecular weight excluding hydrogens is 188 g/mol. The largest absolute Gasteiger partial charge is 0.382 e. The minimum Gasteiger partial charge on any atom is -0.382 e. The molecule has 4 nitrogen and oxygen atoms in total. The molecule has 1 aliphatic rings. The van der Waals surface area contributed by atoms with Crippen molar-refractivity contribution >= 4 is 11.6 Å². The fourth-order valence-electron chi connectivity index (χ4n) is 1.70. The van der Waals surface area contributed by atoms with Crippen molar-refractivity contribution in [2.45, 2.75) is 32.7 Å². The van der Waals surface area contributed by atoms with E-state index in [4.69, 9.17) is 5.73 Å². The van der Waals surface area contributed by atoms with E-state index in [0.29, 0.717) is 17.8 Å². The monoisotopic (exact) mass is 206 g/mol. The molecule has 0 atom stereocenters. The Morgan fingerprint density at radius 1 is 1.40 bits per heavy atom. The first-order valence-electron chi connectivity index (χ1n) is 5.52. The van der Waals surface area contributed by atoms with Gasteiger partial charge in [-0.3, -0.25) is 0 Å². The van der Waals surface area contributed by atoms with Crippen LogP contribution >= 0.6 is 0 Å². The lowest BCUT2D eigenvalue weighted by molar-refractivity contribution is 0.600. The van der Waals surface area contributed by atoms with E-state index in [1.807, 2.05) is 12.1 Å². The van der Waals surface area contributed by atoms with Crippen molar-refractivity contribution in [1.29, 1.82) is 0 Å². The number of nitrogens with two attached hydrogens (primary N) is 1. The van der Waals surface area contributed by atoms with Crippen LogP contribution in [0.15, 0.2) is 12.1 Å². The Labute approximate surface area is 90.5 Å². The third-order valence-electron chi connectivity index (χ3n) is 2.51. The Balaban J connectivity index is 2.13. The summed E-state index contributed by atoms with van der Waals surface area (Å²) in [6.45, 7) is 5.49. The van der Waals surface area contributed by atoms with Crippen LogP contribution in [0.3, 0.4) is 0 Å². The summed E-state index contributed by atoms with van der Waals surface area (Å²) in [5, 5.41) is 8.05. The van der Waals surface area contributed by atoms with Crippen molar-refractivity contribution in [3.05, 3.63) is 12.1 Å². The fraction of sp³-hybridized carbons (Fsp3) is 0.636. The molecule has 1 aliphatic carbocycles. The third-order valence-corrected chi connectivity index (χ3v) is 2.51. The zero-order valence-electron chi connectivity index (χ0n) is 9.35. The van der Waals surface area contributed by atoms with Crippen molar-refractivity contribution in [3.63, 3.8) is 0 Å². The topological polar surface area (TPSA) is 55.0 Å². The second-order valence-corrected chi connectivity index (χ2v) is 4.59. The summed E-state index contributed by atoms with van der Waals surface area (Å²) in [6.07, 6.45) is 2.55. The highest BCUT2D eigenvalue weighted by Crippen LogP contribution is 2.30. The predicted molar refractivity (Wildman–Crippen MR) is 61.7 cm³/mol. The molecule has 1 heterocycles. The van der Waals surface area contributed by atoms with Crippen LogP contribution in [0.25, 0.3) is 0 Å². The number of rotatable bonds is 4. The van der Waals surface area contributed by atoms with Gasteiger partial charge in [-0.15, -0.1) is 10.2 Å². The number of hydrogen-bond donors (Lipinski definition) is 1. The van der Waals surface area contributed by atoms with Crippen LogP contribution in [0.5, 0.6) is 0 Å². The maximum Gasteiger partial charge on any atom is 0.151 e. The van der Waals surface area contributed by atoms with Crippen molar-refractivity contribution in [2.75, 3.05) is 17.2 Å². The number of nitrogen functional groups attached to an aromatic ring is 1. The van der Waals surface area contributed by atoms with Crippen LogP contribution in [-0.4, -0.2) is 22.8 Å². The minimum atomic E-state index is 0.485. The molecule has 4 heteroatoms. The molecule has 0 aliphatic heterocycles. The van der Waals surface area contributed by atoms with Crippen LogP contribution in [0.4, 0.5) is 11.6 Å². The van der Waals surface area contributed by atoms with E-state index < -0.39 is 0 Å². The molecule has 0 radical (unpaired) electrons. The van der Waals surface area contributed by atoms with Gasteiger partial charge in [0.05, 0.1) is 0 Å². The van der Waals surface area contributed by atoms with Crippen LogP contribution in [0.2, 0.25) is 0 Å². The lowest BCUT2D eigenvalue weighted by Crippen LogP contribution is -2.30. The first kappa shape index (κ1) is 10.2. The lowest BCUT2D eigenvalue weighted by atomic mass is 10.2. The summed E-state index contributed by atoms with van der Waals surface area (Å²) >= 11 is 0. The van der Waals surface area contributed by atoms with Gasteiger partial charge in [0.2, 0.25) is 0 Å². The molecule has 0 aromatic carbocycles. The Morgan fingerprint density at radius 2 is 2.13 bits per heavy atom. The molecule has 0 amide bonds. The highest BCUT2D eigenvalue weighted by molar-refractivity contribution is 5.43. The number of hydrogen-bond acceptors (Lipinski definition) is 4. The Kier molecular flexibility index (Phi) is 2.75. The van der Waals surface area contributed by atoms with Crippen molar-refractivity contribution in [1.82, 2.24) is 10.2 Å². The van der Waals surface area contributed by atoms with Crippen molar-refractivity contribution in [2.24, 2.45) is 5.92 Å². The van der Waals surface area contributed by atoms with Gasteiger partial charge in [-0.2, -0.15) is 0 Å². The minimum absolute atomic E-state index is 0.485. The molecule has 0 spiro atoms. The van der Waals surface area contributed by atoms with E-state index in [9.17, 15) is 0 Å². The first-order valence-corrected chi connectivity index (χ1v) is 5.52. The van der Waals surface area contributed by atoms with E-state index in [2.05, 4.69) is 28.9 Å². The van der Waals surface area contributed by atoms with Gasteiger partial charge >= 0.3 is 0 Å². The van der Waals surface area contributed by atoms with Gasteiger partial charge < -0.3 is 10.6 Å². The molecule has 82 valence electrons. The average Bonchev–Trinajstić information content (AvgIpc) is 2.99.